The summed E-state index contributed by atoms with van der Waals surface area (Å²) in [7, 11) is 0. The van der Waals surface area contributed by atoms with E-state index in [0.29, 0.717) is 6.42 Å². The fourth-order valence-electron chi connectivity index (χ4n) is 2.32. The minimum absolute atomic E-state index is 0.0781. The van der Waals surface area contributed by atoms with Crippen LogP contribution in [0.2, 0.25) is 0 Å². The Labute approximate surface area is 110 Å². The summed E-state index contributed by atoms with van der Waals surface area (Å²) in [6.45, 7) is 9.83. The molecule has 0 heterocycles. The van der Waals surface area contributed by atoms with Crippen LogP contribution in [-0.2, 0) is 19.1 Å². The summed E-state index contributed by atoms with van der Waals surface area (Å²) in [6.07, 6.45) is 2.12. The lowest BCUT2D eigenvalue weighted by atomic mass is 9.72. The van der Waals surface area contributed by atoms with Crippen molar-refractivity contribution in [3.8, 4) is 0 Å². The van der Waals surface area contributed by atoms with E-state index >= 15 is 0 Å². The van der Waals surface area contributed by atoms with Crippen LogP contribution < -0.4 is 0 Å². The van der Waals surface area contributed by atoms with Gasteiger partial charge in [0.1, 0.15) is 0 Å². The summed E-state index contributed by atoms with van der Waals surface area (Å²) in [5.74, 6) is -0.982. The third-order valence-corrected chi connectivity index (χ3v) is 3.40. The van der Waals surface area contributed by atoms with Gasteiger partial charge in [-0.1, -0.05) is 27.2 Å². The topological polar surface area (TPSA) is 52.6 Å². The zero-order chi connectivity index (χ0) is 14.2. The number of hydrogen-bond donors (Lipinski definition) is 0. The summed E-state index contributed by atoms with van der Waals surface area (Å²) in [5.41, 5.74) is -1.15. The second-order valence-electron chi connectivity index (χ2n) is 4.46. The highest BCUT2D eigenvalue weighted by Crippen LogP contribution is 2.37. The molecule has 1 atom stereocenters. The number of ether oxygens (including phenoxy) is 2. The molecule has 0 unspecified atom stereocenters. The van der Waals surface area contributed by atoms with Crippen LogP contribution in [0.1, 0.15) is 53.9 Å². The smallest absolute Gasteiger partial charge is 0.323 e. The van der Waals surface area contributed by atoms with Gasteiger partial charge < -0.3 is 9.47 Å². The highest BCUT2D eigenvalue weighted by atomic mass is 16.6. The van der Waals surface area contributed by atoms with Gasteiger partial charge in [-0.3, -0.25) is 9.59 Å². The molecular weight excluding hydrogens is 232 g/mol. The summed E-state index contributed by atoms with van der Waals surface area (Å²) < 4.78 is 10.2. The maximum absolute atomic E-state index is 12.2. The monoisotopic (exact) mass is 258 g/mol. The fourth-order valence-corrected chi connectivity index (χ4v) is 2.32. The highest BCUT2D eigenvalue weighted by molar-refractivity contribution is 6.00. The van der Waals surface area contributed by atoms with E-state index < -0.39 is 17.4 Å². The molecule has 0 saturated carbocycles. The van der Waals surface area contributed by atoms with E-state index in [1.54, 1.807) is 13.8 Å². The third-order valence-electron chi connectivity index (χ3n) is 3.40. The highest BCUT2D eigenvalue weighted by Gasteiger charge is 2.51. The fraction of sp³-hybridized carbons (Fsp3) is 0.857. The number of hydrogen-bond acceptors (Lipinski definition) is 4. The molecule has 0 aliphatic carbocycles. The second kappa shape index (κ2) is 8.11. The Morgan fingerprint density at radius 1 is 1.00 bits per heavy atom. The predicted octanol–water partition coefficient (Wildman–Crippen LogP) is 2.95. The molecule has 0 aromatic carbocycles. The van der Waals surface area contributed by atoms with Gasteiger partial charge in [-0.25, -0.2) is 0 Å². The van der Waals surface area contributed by atoms with Crippen molar-refractivity contribution in [2.75, 3.05) is 13.2 Å². The van der Waals surface area contributed by atoms with Gasteiger partial charge >= 0.3 is 11.9 Å². The quantitative estimate of drug-likeness (QED) is 0.496. The molecule has 0 saturated heterocycles. The average molecular weight is 258 g/mol. The summed E-state index contributed by atoms with van der Waals surface area (Å²) in [4.78, 5) is 24.4. The standard InChI is InChI=1S/C14H26O4/c1-6-10-11(5)14(7-2,12(15)17-8-3)13(16)18-9-4/h11H,6-10H2,1-5H3/t11-/m0/s1. The lowest BCUT2D eigenvalue weighted by molar-refractivity contribution is -0.177. The lowest BCUT2D eigenvalue weighted by Crippen LogP contribution is -2.46. The van der Waals surface area contributed by atoms with Gasteiger partial charge in [0, 0.05) is 0 Å². The Morgan fingerprint density at radius 2 is 1.44 bits per heavy atom. The molecule has 0 aliphatic heterocycles. The zero-order valence-corrected chi connectivity index (χ0v) is 12.2. The van der Waals surface area contributed by atoms with Crippen LogP contribution in [0.5, 0.6) is 0 Å². The van der Waals surface area contributed by atoms with Crippen molar-refractivity contribution in [3.63, 3.8) is 0 Å². The van der Waals surface area contributed by atoms with Crippen molar-refractivity contribution in [1.82, 2.24) is 0 Å². The first-order chi connectivity index (χ1) is 8.50. The Bertz CT molecular complexity index is 255. The normalized spacial score (nSPS) is 12.9. The van der Waals surface area contributed by atoms with E-state index in [4.69, 9.17) is 9.47 Å². The SMILES string of the molecule is CCC[C@H](C)C(CC)(C(=O)OCC)C(=O)OCC. The summed E-state index contributed by atoms with van der Waals surface area (Å²) in [5, 5.41) is 0. The average Bonchev–Trinajstić information content (AvgIpc) is 2.31. The summed E-state index contributed by atoms with van der Waals surface area (Å²) in [6, 6.07) is 0. The van der Waals surface area contributed by atoms with Gasteiger partial charge in [-0.05, 0) is 32.6 Å². The maximum atomic E-state index is 12.2. The van der Waals surface area contributed by atoms with E-state index in [1.165, 1.54) is 0 Å². The Hall–Kier alpha value is -1.06. The van der Waals surface area contributed by atoms with Crippen molar-refractivity contribution < 1.29 is 19.1 Å². The molecule has 0 spiro atoms. The largest absolute Gasteiger partial charge is 0.465 e. The number of rotatable bonds is 8. The molecule has 0 fully saturated rings. The van der Waals surface area contributed by atoms with Gasteiger partial charge in [-0.2, -0.15) is 0 Å². The molecule has 4 nitrogen and oxygen atoms in total. The molecule has 106 valence electrons. The number of carbonyl (C=O) groups excluding carboxylic acids is 2. The van der Waals surface area contributed by atoms with E-state index in [9.17, 15) is 9.59 Å². The molecular formula is C14H26O4. The molecule has 0 amide bonds. The van der Waals surface area contributed by atoms with E-state index in [-0.39, 0.29) is 19.1 Å². The first-order valence-electron chi connectivity index (χ1n) is 6.85. The lowest BCUT2D eigenvalue weighted by Gasteiger charge is -2.33. The van der Waals surface area contributed by atoms with Gasteiger partial charge in [-0.15, -0.1) is 0 Å². The Kier molecular flexibility index (Phi) is 7.64. The van der Waals surface area contributed by atoms with Gasteiger partial charge in [0.15, 0.2) is 5.41 Å². The van der Waals surface area contributed by atoms with Crippen molar-refractivity contribution in [2.24, 2.45) is 11.3 Å². The molecule has 18 heavy (non-hydrogen) atoms. The Balaban J connectivity index is 5.31. The van der Waals surface area contributed by atoms with Gasteiger partial charge in [0.2, 0.25) is 0 Å². The van der Waals surface area contributed by atoms with Crippen LogP contribution in [0.3, 0.4) is 0 Å². The zero-order valence-electron chi connectivity index (χ0n) is 12.2. The van der Waals surface area contributed by atoms with Crippen molar-refractivity contribution in [3.05, 3.63) is 0 Å². The third kappa shape index (κ3) is 3.47. The second-order valence-corrected chi connectivity index (χ2v) is 4.46. The molecule has 0 bridgehead atoms. The summed E-state index contributed by atoms with van der Waals surface area (Å²) >= 11 is 0. The van der Waals surface area contributed by atoms with E-state index in [0.717, 1.165) is 12.8 Å². The van der Waals surface area contributed by atoms with Crippen LogP contribution in [0.25, 0.3) is 0 Å². The number of carbonyl (C=O) groups is 2. The van der Waals surface area contributed by atoms with Crippen molar-refractivity contribution in [2.45, 2.75) is 53.9 Å². The first-order valence-corrected chi connectivity index (χ1v) is 6.85. The van der Waals surface area contributed by atoms with Crippen LogP contribution in [0.4, 0.5) is 0 Å². The van der Waals surface area contributed by atoms with Crippen LogP contribution in [-0.4, -0.2) is 25.2 Å². The first kappa shape index (κ1) is 16.9. The van der Waals surface area contributed by atoms with Crippen LogP contribution in [0, 0.1) is 11.3 Å². The van der Waals surface area contributed by atoms with E-state index in [2.05, 4.69) is 0 Å². The van der Waals surface area contributed by atoms with E-state index in [1.807, 2.05) is 20.8 Å². The molecule has 0 rings (SSSR count). The molecule has 0 radical (unpaired) electrons. The predicted molar refractivity (Wildman–Crippen MR) is 70.1 cm³/mol. The number of esters is 2. The minimum Gasteiger partial charge on any atom is -0.465 e. The maximum Gasteiger partial charge on any atom is 0.323 e. The Morgan fingerprint density at radius 3 is 1.72 bits per heavy atom. The molecule has 0 aromatic rings. The van der Waals surface area contributed by atoms with Gasteiger partial charge in [0.25, 0.3) is 0 Å². The molecule has 4 heteroatoms. The van der Waals surface area contributed by atoms with Crippen molar-refractivity contribution >= 4 is 11.9 Å². The van der Waals surface area contributed by atoms with Crippen molar-refractivity contribution in [1.29, 1.82) is 0 Å². The molecule has 0 aromatic heterocycles. The molecule has 0 aliphatic rings. The van der Waals surface area contributed by atoms with Crippen LogP contribution in [0.15, 0.2) is 0 Å². The van der Waals surface area contributed by atoms with Gasteiger partial charge in [0.05, 0.1) is 13.2 Å². The molecule has 0 N–H and O–H groups in total. The minimum atomic E-state index is -1.15. The van der Waals surface area contributed by atoms with Crippen LogP contribution >= 0.6 is 0 Å².